The Bertz CT molecular complexity index is 647. The minimum absolute atomic E-state index is 0.0630. The maximum atomic E-state index is 12.2. The van der Waals surface area contributed by atoms with Gasteiger partial charge in [0.05, 0.1) is 15.2 Å². The average molecular weight is 305 g/mol. The Hall–Kier alpha value is -1.66. The number of amides is 2. The standard InChI is InChI=1S/C15H19N3O2S/c1-10-16-13-3-2-12(8-14(13)21-10)17-15(20)18-6-4-11(9-19)5-7-18/h2-3,8,11,19H,4-7,9H2,1H3,(H,17,20). The van der Waals surface area contributed by atoms with Crippen LogP contribution in [0.2, 0.25) is 0 Å². The predicted molar refractivity (Wildman–Crippen MR) is 84.8 cm³/mol. The summed E-state index contributed by atoms with van der Waals surface area (Å²) in [6, 6.07) is 5.73. The molecule has 0 bridgehead atoms. The minimum Gasteiger partial charge on any atom is -0.396 e. The summed E-state index contributed by atoms with van der Waals surface area (Å²) in [6.07, 6.45) is 1.74. The third-order valence-corrected chi connectivity index (χ3v) is 4.84. The quantitative estimate of drug-likeness (QED) is 0.896. The maximum absolute atomic E-state index is 12.2. The van der Waals surface area contributed by atoms with E-state index < -0.39 is 0 Å². The van der Waals surface area contributed by atoms with E-state index in [0.717, 1.165) is 33.8 Å². The van der Waals surface area contributed by atoms with E-state index in [9.17, 15) is 4.79 Å². The number of hydrogen-bond donors (Lipinski definition) is 2. The van der Waals surface area contributed by atoms with Gasteiger partial charge in [-0.25, -0.2) is 9.78 Å². The Kier molecular flexibility index (Phi) is 4.07. The molecule has 0 unspecified atom stereocenters. The maximum Gasteiger partial charge on any atom is 0.321 e. The SMILES string of the molecule is Cc1nc2ccc(NC(=O)N3CCC(CO)CC3)cc2s1. The third-order valence-electron chi connectivity index (χ3n) is 3.91. The fourth-order valence-corrected chi connectivity index (χ4v) is 3.51. The van der Waals surface area contributed by atoms with Gasteiger partial charge in [-0.3, -0.25) is 0 Å². The first-order valence-corrected chi connectivity index (χ1v) is 8.01. The lowest BCUT2D eigenvalue weighted by atomic mass is 9.98. The fraction of sp³-hybridized carbons (Fsp3) is 0.467. The van der Waals surface area contributed by atoms with Crippen molar-refractivity contribution in [1.29, 1.82) is 0 Å². The van der Waals surface area contributed by atoms with Gasteiger partial charge in [-0.15, -0.1) is 11.3 Å². The molecule has 3 rings (SSSR count). The average Bonchev–Trinajstić information content (AvgIpc) is 2.86. The molecule has 2 aromatic rings. The smallest absolute Gasteiger partial charge is 0.321 e. The van der Waals surface area contributed by atoms with Gasteiger partial charge in [0.25, 0.3) is 0 Å². The predicted octanol–water partition coefficient (Wildman–Crippen LogP) is 2.84. The molecule has 0 aliphatic carbocycles. The van der Waals surface area contributed by atoms with Gasteiger partial charge in [0, 0.05) is 25.4 Å². The summed E-state index contributed by atoms with van der Waals surface area (Å²) < 4.78 is 1.09. The number of urea groups is 1. The van der Waals surface area contributed by atoms with Gasteiger partial charge in [0.2, 0.25) is 0 Å². The molecule has 5 nitrogen and oxygen atoms in total. The summed E-state index contributed by atoms with van der Waals surface area (Å²) in [7, 11) is 0. The molecule has 0 radical (unpaired) electrons. The summed E-state index contributed by atoms with van der Waals surface area (Å²) in [5.74, 6) is 0.338. The van der Waals surface area contributed by atoms with Gasteiger partial charge in [0.15, 0.2) is 0 Å². The van der Waals surface area contributed by atoms with E-state index in [1.807, 2.05) is 30.0 Å². The molecule has 112 valence electrons. The molecule has 2 amide bonds. The molecular weight excluding hydrogens is 286 g/mol. The molecular formula is C15H19N3O2S. The van der Waals surface area contributed by atoms with Crippen molar-refractivity contribution < 1.29 is 9.90 Å². The summed E-state index contributed by atoms with van der Waals surface area (Å²) >= 11 is 1.63. The van der Waals surface area contributed by atoms with Gasteiger partial charge in [-0.2, -0.15) is 0 Å². The number of aromatic nitrogens is 1. The zero-order valence-electron chi connectivity index (χ0n) is 12.0. The number of aliphatic hydroxyl groups is 1. The normalized spacial score (nSPS) is 16.4. The number of rotatable bonds is 2. The van der Waals surface area contributed by atoms with Crippen LogP contribution >= 0.6 is 11.3 Å². The number of nitrogens with one attached hydrogen (secondary N) is 1. The van der Waals surface area contributed by atoms with E-state index in [1.165, 1.54) is 0 Å². The van der Waals surface area contributed by atoms with Gasteiger partial charge in [-0.05, 0) is 43.9 Å². The van der Waals surface area contributed by atoms with Crippen molar-refractivity contribution in [3.63, 3.8) is 0 Å². The largest absolute Gasteiger partial charge is 0.396 e. The zero-order chi connectivity index (χ0) is 14.8. The molecule has 1 aliphatic rings. The molecule has 1 aromatic carbocycles. The highest BCUT2D eigenvalue weighted by Gasteiger charge is 2.22. The van der Waals surface area contributed by atoms with E-state index >= 15 is 0 Å². The Morgan fingerprint density at radius 1 is 1.48 bits per heavy atom. The van der Waals surface area contributed by atoms with E-state index in [2.05, 4.69) is 10.3 Å². The lowest BCUT2D eigenvalue weighted by Crippen LogP contribution is -2.41. The molecule has 21 heavy (non-hydrogen) atoms. The summed E-state index contributed by atoms with van der Waals surface area (Å²) in [5, 5.41) is 13.1. The number of piperidine rings is 1. The lowest BCUT2D eigenvalue weighted by Gasteiger charge is -2.31. The highest BCUT2D eigenvalue weighted by atomic mass is 32.1. The van der Waals surface area contributed by atoms with Crippen molar-refractivity contribution >= 4 is 33.3 Å². The van der Waals surface area contributed by atoms with Crippen LogP contribution in [0.1, 0.15) is 17.8 Å². The van der Waals surface area contributed by atoms with Crippen LogP contribution in [0.15, 0.2) is 18.2 Å². The van der Waals surface area contributed by atoms with E-state index in [-0.39, 0.29) is 12.6 Å². The second-order valence-electron chi connectivity index (χ2n) is 5.46. The molecule has 6 heteroatoms. The number of thiazole rings is 1. The number of hydrogen-bond acceptors (Lipinski definition) is 4. The lowest BCUT2D eigenvalue weighted by molar-refractivity contribution is 0.143. The molecule has 0 saturated carbocycles. The molecule has 0 atom stereocenters. The minimum atomic E-state index is -0.0630. The zero-order valence-corrected chi connectivity index (χ0v) is 12.8. The number of likely N-dealkylation sites (tertiary alicyclic amines) is 1. The molecule has 1 aliphatic heterocycles. The number of nitrogens with zero attached hydrogens (tertiary/aromatic N) is 2. The molecule has 2 N–H and O–H groups in total. The number of fused-ring (bicyclic) bond motifs is 1. The number of anilines is 1. The molecule has 0 spiro atoms. The van der Waals surface area contributed by atoms with Crippen LogP contribution < -0.4 is 5.32 Å². The number of benzene rings is 1. The Morgan fingerprint density at radius 3 is 2.95 bits per heavy atom. The van der Waals surface area contributed by atoms with Crippen LogP contribution in [0.3, 0.4) is 0 Å². The first-order valence-electron chi connectivity index (χ1n) is 7.19. The van der Waals surface area contributed by atoms with Crippen molar-refractivity contribution in [1.82, 2.24) is 9.88 Å². The van der Waals surface area contributed by atoms with Crippen molar-refractivity contribution in [2.24, 2.45) is 5.92 Å². The summed E-state index contributed by atoms with van der Waals surface area (Å²) in [5.41, 5.74) is 1.78. The van der Waals surface area contributed by atoms with Gasteiger partial charge >= 0.3 is 6.03 Å². The molecule has 1 saturated heterocycles. The highest BCUT2D eigenvalue weighted by molar-refractivity contribution is 7.18. The first kappa shape index (κ1) is 14.3. The second kappa shape index (κ2) is 5.99. The van der Waals surface area contributed by atoms with Crippen molar-refractivity contribution in [2.45, 2.75) is 19.8 Å². The summed E-state index contributed by atoms with van der Waals surface area (Å²) in [6.45, 7) is 3.61. The Morgan fingerprint density at radius 2 is 2.24 bits per heavy atom. The van der Waals surface area contributed by atoms with Crippen molar-refractivity contribution in [3.05, 3.63) is 23.2 Å². The van der Waals surface area contributed by atoms with Crippen molar-refractivity contribution in [3.8, 4) is 0 Å². The van der Waals surface area contributed by atoms with Crippen LogP contribution in [0.25, 0.3) is 10.2 Å². The fourth-order valence-electron chi connectivity index (χ4n) is 2.64. The molecule has 2 heterocycles. The first-order chi connectivity index (χ1) is 10.2. The van der Waals surface area contributed by atoms with Crippen LogP contribution in [0, 0.1) is 12.8 Å². The number of aryl methyl sites for hydroxylation is 1. The van der Waals surface area contributed by atoms with E-state index in [0.29, 0.717) is 19.0 Å². The summed E-state index contributed by atoms with van der Waals surface area (Å²) in [4.78, 5) is 18.5. The van der Waals surface area contributed by atoms with Crippen LogP contribution in [-0.2, 0) is 0 Å². The third kappa shape index (κ3) is 3.16. The molecule has 1 fully saturated rings. The monoisotopic (exact) mass is 305 g/mol. The number of carbonyl (C=O) groups is 1. The van der Waals surface area contributed by atoms with Crippen LogP contribution in [-0.4, -0.2) is 40.7 Å². The molecule has 1 aromatic heterocycles. The number of aliphatic hydroxyl groups excluding tert-OH is 1. The topological polar surface area (TPSA) is 65.5 Å². The van der Waals surface area contributed by atoms with E-state index in [1.54, 1.807) is 11.3 Å². The second-order valence-corrected chi connectivity index (χ2v) is 6.69. The van der Waals surface area contributed by atoms with Crippen molar-refractivity contribution in [2.75, 3.05) is 25.0 Å². The van der Waals surface area contributed by atoms with Gasteiger partial charge < -0.3 is 15.3 Å². The Balaban J connectivity index is 1.65. The van der Waals surface area contributed by atoms with Gasteiger partial charge in [-0.1, -0.05) is 0 Å². The van der Waals surface area contributed by atoms with E-state index in [4.69, 9.17) is 5.11 Å². The highest BCUT2D eigenvalue weighted by Crippen LogP contribution is 2.25. The van der Waals surface area contributed by atoms with Crippen LogP contribution in [0.4, 0.5) is 10.5 Å². The number of carbonyl (C=O) groups excluding carboxylic acids is 1. The Labute approximate surface area is 127 Å². The van der Waals surface area contributed by atoms with Gasteiger partial charge in [0.1, 0.15) is 0 Å². The van der Waals surface area contributed by atoms with Crippen LogP contribution in [0.5, 0.6) is 0 Å².